The molecule has 3 fully saturated rings. The number of ether oxygens (including phenoxy) is 1. The third kappa shape index (κ3) is 2.87. The summed E-state index contributed by atoms with van der Waals surface area (Å²) in [5, 5.41) is 0.813. The van der Waals surface area contributed by atoms with E-state index >= 15 is 0 Å². The molecule has 3 saturated heterocycles. The molecule has 0 spiro atoms. The average Bonchev–Trinajstić information content (AvgIpc) is 3.16. The summed E-state index contributed by atoms with van der Waals surface area (Å²) >= 11 is 1.57. The second-order valence-electron chi connectivity index (χ2n) is 7.06. The molecule has 2 atom stereocenters. The van der Waals surface area contributed by atoms with E-state index in [0.717, 1.165) is 47.6 Å². The molecule has 3 aromatic rings. The van der Waals surface area contributed by atoms with E-state index in [1.54, 1.807) is 25.2 Å². The van der Waals surface area contributed by atoms with Gasteiger partial charge in [-0.25, -0.2) is 24.9 Å². The summed E-state index contributed by atoms with van der Waals surface area (Å²) in [5.41, 5.74) is 1.73. The van der Waals surface area contributed by atoms with E-state index in [1.807, 2.05) is 29.4 Å². The molecule has 28 heavy (non-hydrogen) atoms. The Morgan fingerprint density at radius 2 is 2.04 bits per heavy atom. The van der Waals surface area contributed by atoms with Gasteiger partial charge >= 0.3 is 0 Å². The largest absolute Gasteiger partial charge is 0.383 e. The van der Waals surface area contributed by atoms with Crippen LogP contribution in [0.25, 0.3) is 11.2 Å². The van der Waals surface area contributed by atoms with Crippen LogP contribution in [0.4, 0.5) is 11.6 Å². The van der Waals surface area contributed by atoms with Gasteiger partial charge in [-0.2, -0.15) is 0 Å². The van der Waals surface area contributed by atoms with Crippen molar-refractivity contribution >= 4 is 34.6 Å². The van der Waals surface area contributed by atoms with Crippen LogP contribution in [0.5, 0.6) is 0 Å². The number of rotatable bonds is 6. The Morgan fingerprint density at radius 1 is 1.18 bits per heavy atom. The first-order valence-electron chi connectivity index (χ1n) is 9.33. The standard InChI is InChI=1S/C18H22N8OS/c1-27-6-5-24-11-22-15-16(24)20-10-21-17(15)26-12-7-13(26)9-25(8-12)14-3-4-19-18(23-14)28-2/h3-4,10-13H,5-9H2,1-2H3. The molecule has 2 unspecified atom stereocenters. The molecule has 9 nitrogen and oxygen atoms in total. The smallest absolute Gasteiger partial charge is 0.189 e. The minimum absolute atomic E-state index is 0.411. The van der Waals surface area contributed by atoms with E-state index in [1.165, 1.54) is 6.42 Å². The van der Waals surface area contributed by atoms with Crippen LogP contribution in [-0.4, -0.2) is 74.6 Å². The summed E-state index contributed by atoms with van der Waals surface area (Å²) in [7, 11) is 1.70. The average molecular weight is 398 g/mol. The number of aromatic nitrogens is 6. The number of fused-ring (bicyclic) bond motifs is 3. The molecule has 2 bridgehead atoms. The summed E-state index contributed by atoms with van der Waals surface area (Å²) < 4.78 is 7.21. The number of thioether (sulfide) groups is 1. The van der Waals surface area contributed by atoms with Crippen molar-refractivity contribution in [2.24, 2.45) is 0 Å². The van der Waals surface area contributed by atoms with Crippen molar-refractivity contribution in [2.75, 3.05) is 42.9 Å². The highest BCUT2D eigenvalue weighted by Gasteiger charge is 2.46. The molecule has 6 rings (SSSR count). The zero-order valence-corrected chi connectivity index (χ0v) is 16.7. The van der Waals surface area contributed by atoms with Gasteiger partial charge < -0.3 is 19.1 Å². The highest BCUT2D eigenvalue weighted by Crippen LogP contribution is 2.39. The third-order valence-electron chi connectivity index (χ3n) is 5.48. The molecule has 3 aliphatic rings. The number of methoxy groups -OCH3 is 1. The van der Waals surface area contributed by atoms with E-state index in [-0.39, 0.29) is 0 Å². The van der Waals surface area contributed by atoms with E-state index in [0.29, 0.717) is 18.7 Å². The van der Waals surface area contributed by atoms with E-state index < -0.39 is 0 Å². The second-order valence-corrected chi connectivity index (χ2v) is 7.83. The lowest BCUT2D eigenvalue weighted by molar-refractivity contribution is 0.188. The van der Waals surface area contributed by atoms with Gasteiger partial charge in [0.25, 0.3) is 0 Å². The Morgan fingerprint density at radius 3 is 2.82 bits per heavy atom. The molecule has 0 saturated carbocycles. The molecule has 10 heteroatoms. The highest BCUT2D eigenvalue weighted by molar-refractivity contribution is 7.98. The number of hydrogen-bond donors (Lipinski definition) is 0. The Hall–Kier alpha value is -2.46. The van der Waals surface area contributed by atoms with Crippen molar-refractivity contribution in [2.45, 2.75) is 30.2 Å². The van der Waals surface area contributed by atoms with E-state index in [4.69, 9.17) is 4.74 Å². The number of nitrogens with zero attached hydrogens (tertiary/aromatic N) is 8. The summed E-state index contributed by atoms with van der Waals surface area (Å²) in [6.45, 7) is 3.22. The molecular weight excluding hydrogens is 376 g/mol. The van der Waals surface area contributed by atoms with Crippen molar-refractivity contribution in [3.8, 4) is 0 Å². The summed E-state index contributed by atoms with van der Waals surface area (Å²) in [5.74, 6) is 1.94. The lowest BCUT2D eigenvalue weighted by Gasteiger charge is -2.57. The molecule has 3 aromatic heterocycles. The van der Waals surface area contributed by atoms with Gasteiger partial charge in [0, 0.05) is 32.9 Å². The molecule has 0 aromatic carbocycles. The van der Waals surface area contributed by atoms with Gasteiger partial charge in [0.2, 0.25) is 0 Å². The lowest BCUT2D eigenvalue weighted by atomic mass is 9.87. The number of piperidine rings is 1. The topological polar surface area (TPSA) is 85.1 Å². The van der Waals surface area contributed by atoms with Crippen LogP contribution in [0, 0.1) is 0 Å². The van der Waals surface area contributed by atoms with E-state index in [2.05, 4.69) is 34.7 Å². The normalized spacial score (nSPS) is 21.2. The molecule has 0 amide bonds. The fraction of sp³-hybridized carbons (Fsp3) is 0.500. The molecule has 6 heterocycles. The van der Waals surface area contributed by atoms with Crippen LogP contribution in [0.3, 0.4) is 0 Å². The Labute approximate surface area is 167 Å². The molecule has 0 N–H and O–H groups in total. The van der Waals surface area contributed by atoms with Crippen LogP contribution in [0.15, 0.2) is 30.1 Å². The van der Waals surface area contributed by atoms with Crippen molar-refractivity contribution < 1.29 is 4.74 Å². The van der Waals surface area contributed by atoms with Crippen LogP contribution in [0.2, 0.25) is 0 Å². The lowest BCUT2D eigenvalue weighted by Crippen LogP contribution is -2.69. The second kappa shape index (κ2) is 7.17. The van der Waals surface area contributed by atoms with Crippen LogP contribution >= 0.6 is 11.8 Å². The predicted molar refractivity (Wildman–Crippen MR) is 108 cm³/mol. The minimum atomic E-state index is 0.411. The molecular formula is C18H22N8OS. The third-order valence-corrected chi connectivity index (χ3v) is 6.04. The number of imidazole rings is 1. The molecule has 146 valence electrons. The van der Waals surface area contributed by atoms with Crippen molar-refractivity contribution in [3.63, 3.8) is 0 Å². The van der Waals surface area contributed by atoms with Gasteiger partial charge in [0.1, 0.15) is 12.1 Å². The van der Waals surface area contributed by atoms with E-state index in [9.17, 15) is 0 Å². The number of hydrogen-bond acceptors (Lipinski definition) is 9. The first-order chi connectivity index (χ1) is 13.8. The Bertz CT molecular complexity index is 983. The van der Waals surface area contributed by atoms with Crippen molar-refractivity contribution in [1.82, 2.24) is 29.5 Å². The fourth-order valence-electron chi connectivity index (χ4n) is 4.16. The van der Waals surface area contributed by atoms with Crippen molar-refractivity contribution in [1.29, 1.82) is 0 Å². The first-order valence-corrected chi connectivity index (χ1v) is 10.6. The Balaban J connectivity index is 1.39. The SMILES string of the molecule is COCCn1cnc2c(N3C4CC3CN(c3ccnc(SC)n3)C4)ncnc21. The quantitative estimate of drug-likeness (QED) is 0.452. The molecule has 0 radical (unpaired) electrons. The first kappa shape index (κ1) is 17.6. The van der Waals surface area contributed by atoms with Gasteiger partial charge in [0.15, 0.2) is 22.1 Å². The fourth-order valence-corrected chi connectivity index (χ4v) is 4.51. The maximum Gasteiger partial charge on any atom is 0.189 e. The Kier molecular flexibility index (Phi) is 4.52. The van der Waals surface area contributed by atoms with Crippen LogP contribution < -0.4 is 9.80 Å². The van der Waals surface area contributed by atoms with Crippen LogP contribution in [-0.2, 0) is 11.3 Å². The number of piperazine rings is 1. The zero-order valence-electron chi connectivity index (χ0n) is 15.9. The summed E-state index contributed by atoms with van der Waals surface area (Å²) in [4.78, 5) is 27.3. The minimum Gasteiger partial charge on any atom is -0.383 e. The zero-order chi connectivity index (χ0) is 19.1. The maximum absolute atomic E-state index is 5.19. The monoisotopic (exact) mass is 398 g/mol. The van der Waals surface area contributed by atoms with Crippen LogP contribution in [0.1, 0.15) is 6.42 Å². The van der Waals surface area contributed by atoms with Crippen molar-refractivity contribution in [3.05, 3.63) is 24.9 Å². The molecule has 3 aliphatic heterocycles. The number of anilines is 2. The molecule has 0 aliphatic carbocycles. The summed E-state index contributed by atoms with van der Waals surface area (Å²) in [6.07, 6.45) is 8.48. The van der Waals surface area contributed by atoms with Gasteiger partial charge in [-0.05, 0) is 18.7 Å². The predicted octanol–water partition coefficient (Wildman–Crippen LogP) is 1.45. The van der Waals surface area contributed by atoms with Gasteiger partial charge in [-0.1, -0.05) is 11.8 Å². The van der Waals surface area contributed by atoms with Gasteiger partial charge in [-0.3, -0.25) is 0 Å². The van der Waals surface area contributed by atoms with Gasteiger partial charge in [0.05, 0.1) is 25.0 Å². The summed E-state index contributed by atoms with van der Waals surface area (Å²) in [6, 6.07) is 2.82. The van der Waals surface area contributed by atoms with Gasteiger partial charge in [-0.15, -0.1) is 0 Å². The maximum atomic E-state index is 5.19. The highest BCUT2D eigenvalue weighted by atomic mass is 32.2.